The highest BCUT2D eigenvalue weighted by Gasteiger charge is 2.65. The lowest BCUT2D eigenvalue weighted by molar-refractivity contribution is -0.143. The standard InChI is InChI=1S/C34H29ClN4O4/c1-43-28-16-14-25(15-17-28)36-18-19-37-29-20-24(35)13-12-23(29)21-34(30(37)22-36)31(40)38(26-8-4-2-5-9-26)33(42)39(32(34)41)27-10-6-3-7-11-27/h2-17,20,30H,18-19,21-22H2,1H3. The predicted molar refractivity (Wildman–Crippen MR) is 167 cm³/mol. The van der Waals surface area contributed by atoms with Crippen LogP contribution in [0.4, 0.5) is 27.5 Å². The van der Waals surface area contributed by atoms with E-state index in [0.717, 1.165) is 22.7 Å². The van der Waals surface area contributed by atoms with E-state index in [2.05, 4.69) is 9.80 Å². The van der Waals surface area contributed by atoms with Gasteiger partial charge >= 0.3 is 6.03 Å². The monoisotopic (exact) mass is 592 g/mol. The zero-order valence-corrected chi connectivity index (χ0v) is 24.3. The topological polar surface area (TPSA) is 73.4 Å². The van der Waals surface area contributed by atoms with Crippen LogP contribution in [0.15, 0.2) is 103 Å². The van der Waals surface area contributed by atoms with Gasteiger partial charge in [-0.3, -0.25) is 9.59 Å². The second-order valence-electron chi connectivity index (χ2n) is 11.0. The number of urea groups is 1. The van der Waals surface area contributed by atoms with Gasteiger partial charge in [-0.15, -0.1) is 0 Å². The second kappa shape index (κ2) is 10.5. The van der Waals surface area contributed by atoms with Crippen molar-refractivity contribution >= 4 is 52.2 Å². The molecule has 4 aromatic rings. The lowest BCUT2D eigenvalue weighted by atomic mass is 9.67. The van der Waals surface area contributed by atoms with E-state index in [-0.39, 0.29) is 6.42 Å². The maximum Gasteiger partial charge on any atom is 0.342 e. The van der Waals surface area contributed by atoms with Crippen molar-refractivity contribution in [2.75, 3.05) is 46.3 Å². The molecule has 4 amide bonds. The van der Waals surface area contributed by atoms with E-state index in [1.807, 2.05) is 48.5 Å². The van der Waals surface area contributed by atoms with Crippen molar-refractivity contribution < 1.29 is 19.1 Å². The van der Waals surface area contributed by atoms with Gasteiger partial charge in [0.15, 0.2) is 5.41 Å². The summed E-state index contributed by atoms with van der Waals surface area (Å²) < 4.78 is 5.36. The molecule has 3 heterocycles. The molecule has 1 unspecified atom stereocenters. The van der Waals surface area contributed by atoms with E-state index >= 15 is 0 Å². The van der Waals surface area contributed by atoms with Gasteiger partial charge in [-0.05, 0) is 72.6 Å². The smallest absolute Gasteiger partial charge is 0.342 e. The summed E-state index contributed by atoms with van der Waals surface area (Å²) in [7, 11) is 1.63. The number of halogens is 1. The highest BCUT2D eigenvalue weighted by atomic mass is 35.5. The number of imide groups is 2. The van der Waals surface area contributed by atoms with Crippen LogP contribution in [0.2, 0.25) is 5.02 Å². The Morgan fingerprint density at radius 3 is 1.93 bits per heavy atom. The molecule has 3 aliphatic heterocycles. The Morgan fingerprint density at radius 1 is 0.744 bits per heavy atom. The first kappa shape index (κ1) is 27.0. The van der Waals surface area contributed by atoms with Gasteiger partial charge in [0, 0.05) is 36.0 Å². The van der Waals surface area contributed by atoms with Gasteiger partial charge in [-0.25, -0.2) is 14.6 Å². The number of carbonyl (C=O) groups is 3. The van der Waals surface area contributed by atoms with Crippen molar-refractivity contribution in [3.8, 4) is 5.75 Å². The maximum absolute atomic E-state index is 14.9. The minimum Gasteiger partial charge on any atom is -0.497 e. The van der Waals surface area contributed by atoms with Crippen molar-refractivity contribution in [2.24, 2.45) is 5.41 Å². The molecule has 1 spiro atoms. The number of amides is 4. The highest BCUT2D eigenvalue weighted by Crippen LogP contribution is 2.49. The van der Waals surface area contributed by atoms with Crippen LogP contribution in [0, 0.1) is 5.41 Å². The van der Waals surface area contributed by atoms with Gasteiger partial charge in [-0.2, -0.15) is 0 Å². The fourth-order valence-corrected chi connectivity index (χ4v) is 6.87. The van der Waals surface area contributed by atoms with Crippen LogP contribution in [0.1, 0.15) is 5.56 Å². The summed E-state index contributed by atoms with van der Waals surface area (Å²) in [5.41, 5.74) is 1.95. The third-order valence-corrected chi connectivity index (χ3v) is 9.03. The Bertz CT molecular complexity index is 1650. The lowest BCUT2D eigenvalue weighted by Crippen LogP contribution is -2.76. The van der Waals surface area contributed by atoms with E-state index in [1.165, 1.54) is 9.80 Å². The molecule has 0 radical (unpaired) electrons. The molecule has 0 aromatic heterocycles. The molecule has 0 N–H and O–H groups in total. The largest absolute Gasteiger partial charge is 0.497 e. The van der Waals surface area contributed by atoms with Crippen LogP contribution in [-0.2, 0) is 16.0 Å². The molecule has 0 bridgehead atoms. The molecular formula is C34H29ClN4O4. The summed E-state index contributed by atoms with van der Waals surface area (Å²) in [4.78, 5) is 50.7. The van der Waals surface area contributed by atoms with E-state index in [0.29, 0.717) is 36.0 Å². The normalized spacial score (nSPS) is 19.4. The number of benzene rings is 4. The first-order chi connectivity index (χ1) is 20.9. The minimum absolute atomic E-state index is 0.134. The summed E-state index contributed by atoms with van der Waals surface area (Å²) in [6.45, 7) is 1.60. The summed E-state index contributed by atoms with van der Waals surface area (Å²) in [5, 5.41) is 0.583. The predicted octanol–water partition coefficient (Wildman–Crippen LogP) is 5.79. The van der Waals surface area contributed by atoms with Crippen molar-refractivity contribution in [1.29, 1.82) is 0 Å². The number of nitrogens with zero attached hydrogens (tertiary/aromatic N) is 4. The fourth-order valence-electron chi connectivity index (χ4n) is 6.70. The Morgan fingerprint density at radius 2 is 1.35 bits per heavy atom. The summed E-state index contributed by atoms with van der Waals surface area (Å²) in [6.07, 6.45) is 0.134. The molecule has 216 valence electrons. The number of barbiturate groups is 1. The number of carbonyl (C=O) groups excluding carboxylic acids is 3. The molecule has 8 nitrogen and oxygen atoms in total. The second-order valence-corrected chi connectivity index (χ2v) is 11.4. The van der Waals surface area contributed by atoms with E-state index < -0.39 is 29.3 Å². The third-order valence-electron chi connectivity index (χ3n) is 8.79. The van der Waals surface area contributed by atoms with Gasteiger partial charge in [0.05, 0.1) is 24.5 Å². The van der Waals surface area contributed by atoms with Gasteiger partial charge in [0.1, 0.15) is 5.75 Å². The number of fused-ring (bicyclic) bond motifs is 4. The molecule has 2 fully saturated rings. The Hall–Kier alpha value is -4.82. The van der Waals surface area contributed by atoms with Gasteiger partial charge in [0.25, 0.3) is 11.8 Å². The van der Waals surface area contributed by atoms with Crippen molar-refractivity contribution in [1.82, 2.24) is 0 Å². The quantitative estimate of drug-likeness (QED) is 0.280. The van der Waals surface area contributed by atoms with Crippen LogP contribution in [0.25, 0.3) is 0 Å². The number of rotatable bonds is 4. The molecular weight excluding hydrogens is 564 g/mol. The van der Waals surface area contributed by atoms with Gasteiger partial charge < -0.3 is 14.5 Å². The van der Waals surface area contributed by atoms with Crippen LogP contribution in [-0.4, -0.2) is 50.6 Å². The van der Waals surface area contributed by atoms with Crippen molar-refractivity contribution in [3.63, 3.8) is 0 Å². The molecule has 1 atom stereocenters. The van der Waals surface area contributed by atoms with E-state index in [1.54, 1.807) is 61.7 Å². The average Bonchev–Trinajstić information content (AvgIpc) is 3.05. The number of anilines is 4. The Labute approximate surface area is 254 Å². The molecule has 2 saturated heterocycles. The Balaban J connectivity index is 1.42. The molecule has 43 heavy (non-hydrogen) atoms. The summed E-state index contributed by atoms with van der Waals surface area (Å²) >= 11 is 6.48. The molecule has 9 heteroatoms. The molecule has 4 aromatic carbocycles. The lowest BCUT2D eigenvalue weighted by Gasteiger charge is -2.57. The van der Waals surface area contributed by atoms with E-state index in [9.17, 15) is 14.4 Å². The van der Waals surface area contributed by atoms with Crippen molar-refractivity contribution in [2.45, 2.75) is 12.5 Å². The molecule has 7 rings (SSSR count). The number of ether oxygens (including phenoxy) is 1. The van der Waals surface area contributed by atoms with Gasteiger partial charge in [-0.1, -0.05) is 54.1 Å². The Kier molecular flexibility index (Phi) is 6.58. The maximum atomic E-state index is 14.9. The number of hydrogen-bond donors (Lipinski definition) is 0. The zero-order chi connectivity index (χ0) is 29.7. The first-order valence-corrected chi connectivity index (χ1v) is 14.6. The van der Waals surface area contributed by atoms with Crippen LogP contribution in [0.5, 0.6) is 5.75 Å². The molecule has 0 aliphatic carbocycles. The van der Waals surface area contributed by atoms with Crippen molar-refractivity contribution in [3.05, 3.63) is 114 Å². The molecule has 3 aliphatic rings. The number of piperazine rings is 1. The third kappa shape index (κ3) is 4.24. The molecule has 0 saturated carbocycles. The minimum atomic E-state index is -1.59. The number of para-hydroxylation sites is 2. The van der Waals surface area contributed by atoms with Crippen LogP contribution in [0.3, 0.4) is 0 Å². The zero-order valence-electron chi connectivity index (χ0n) is 23.5. The van der Waals surface area contributed by atoms with E-state index in [4.69, 9.17) is 16.3 Å². The van der Waals surface area contributed by atoms with Gasteiger partial charge in [0.2, 0.25) is 0 Å². The number of hydrogen-bond acceptors (Lipinski definition) is 6. The first-order valence-electron chi connectivity index (χ1n) is 14.2. The average molecular weight is 593 g/mol. The highest BCUT2D eigenvalue weighted by molar-refractivity contribution is 6.39. The summed E-state index contributed by atoms with van der Waals surface area (Å²) in [5.74, 6) is -0.297. The van der Waals surface area contributed by atoms with Crippen LogP contribution >= 0.6 is 11.6 Å². The number of methoxy groups -OCH3 is 1. The fraction of sp³-hybridized carbons (Fsp3) is 0.206. The van der Waals surface area contributed by atoms with Crippen LogP contribution < -0.4 is 24.3 Å². The SMILES string of the molecule is COc1ccc(N2CCN3c4cc(Cl)ccc4CC4(C(=O)N(c5ccccc5)C(=O)N(c5ccccc5)C4=O)C3C2)cc1. The summed E-state index contributed by atoms with van der Waals surface area (Å²) in [6, 6.07) is 29.8.